The molecular formula is C28H40N4O2S. The Bertz CT molecular complexity index is 997. The van der Waals surface area contributed by atoms with Crippen molar-refractivity contribution in [1.29, 1.82) is 0 Å². The highest BCUT2D eigenvalue weighted by molar-refractivity contribution is 7.15. The molecule has 0 spiro atoms. The summed E-state index contributed by atoms with van der Waals surface area (Å²) in [7, 11) is 1.65. The Morgan fingerprint density at radius 3 is 2.80 bits per heavy atom. The largest absolute Gasteiger partial charge is 0.496 e. The smallest absolute Gasteiger partial charge is 0.244 e. The van der Waals surface area contributed by atoms with Crippen molar-refractivity contribution in [3.8, 4) is 5.75 Å². The number of nitrogen functional groups attached to an aromatic ring is 1. The van der Waals surface area contributed by atoms with Gasteiger partial charge in [-0.15, -0.1) is 11.3 Å². The Morgan fingerprint density at radius 1 is 1.23 bits per heavy atom. The lowest BCUT2D eigenvalue weighted by Gasteiger charge is -2.36. The molecule has 190 valence electrons. The van der Waals surface area contributed by atoms with Gasteiger partial charge in [0.25, 0.3) is 0 Å². The van der Waals surface area contributed by atoms with E-state index in [-0.39, 0.29) is 11.9 Å². The van der Waals surface area contributed by atoms with Gasteiger partial charge in [-0.05, 0) is 88.9 Å². The second-order valence-electron chi connectivity index (χ2n) is 9.94. The molecule has 3 N–H and O–H groups in total. The summed E-state index contributed by atoms with van der Waals surface area (Å²) in [5.41, 5.74) is 8.10. The molecule has 1 fully saturated rings. The molecule has 4 rings (SSSR count). The zero-order valence-electron chi connectivity index (χ0n) is 21.2. The van der Waals surface area contributed by atoms with E-state index in [4.69, 9.17) is 10.5 Å². The number of aromatic nitrogens is 1. The van der Waals surface area contributed by atoms with Crippen molar-refractivity contribution >= 4 is 28.5 Å². The summed E-state index contributed by atoms with van der Waals surface area (Å²) in [4.78, 5) is 21.1. The fourth-order valence-corrected chi connectivity index (χ4v) is 6.57. The van der Waals surface area contributed by atoms with E-state index in [1.165, 1.54) is 49.2 Å². The molecule has 1 aromatic heterocycles. The van der Waals surface area contributed by atoms with Crippen LogP contribution in [0.2, 0.25) is 0 Å². The molecule has 0 aliphatic heterocycles. The predicted octanol–water partition coefficient (Wildman–Crippen LogP) is 5.08. The predicted molar refractivity (Wildman–Crippen MR) is 145 cm³/mol. The molecule has 1 saturated carbocycles. The average molecular weight is 497 g/mol. The van der Waals surface area contributed by atoms with Gasteiger partial charge in [0.2, 0.25) is 5.91 Å². The Kier molecular flexibility index (Phi) is 9.21. The van der Waals surface area contributed by atoms with Crippen LogP contribution in [0.1, 0.15) is 68.0 Å². The van der Waals surface area contributed by atoms with Crippen LogP contribution in [0, 0.1) is 5.92 Å². The van der Waals surface area contributed by atoms with Gasteiger partial charge in [0.15, 0.2) is 5.13 Å². The minimum atomic E-state index is -0.0196. The molecule has 6 nitrogen and oxygen atoms in total. The first-order chi connectivity index (χ1) is 17.1. The van der Waals surface area contributed by atoms with Crippen molar-refractivity contribution in [3.05, 3.63) is 46.5 Å². The van der Waals surface area contributed by atoms with Crippen LogP contribution >= 0.6 is 11.3 Å². The number of thiazole rings is 1. The molecule has 1 atom stereocenters. The zero-order chi connectivity index (χ0) is 24.6. The molecular weight excluding hydrogens is 456 g/mol. The third-order valence-electron chi connectivity index (χ3n) is 7.53. The van der Waals surface area contributed by atoms with Crippen LogP contribution in [-0.2, 0) is 17.6 Å². The molecule has 35 heavy (non-hydrogen) atoms. The van der Waals surface area contributed by atoms with Crippen LogP contribution in [0.3, 0.4) is 0 Å². The number of amides is 1. The van der Waals surface area contributed by atoms with E-state index >= 15 is 0 Å². The van der Waals surface area contributed by atoms with Crippen LogP contribution in [0.25, 0.3) is 6.08 Å². The number of rotatable bonds is 10. The Hall–Kier alpha value is -2.38. The first kappa shape index (κ1) is 25.7. The van der Waals surface area contributed by atoms with Gasteiger partial charge in [0.1, 0.15) is 5.75 Å². The monoisotopic (exact) mass is 496 g/mol. The van der Waals surface area contributed by atoms with Crippen LogP contribution in [0.4, 0.5) is 5.13 Å². The molecule has 1 aromatic carbocycles. The number of carbonyl (C=O) groups is 1. The molecule has 2 aliphatic carbocycles. The highest BCUT2D eigenvalue weighted by atomic mass is 32.1. The first-order valence-electron chi connectivity index (χ1n) is 13.1. The van der Waals surface area contributed by atoms with Crippen molar-refractivity contribution in [3.63, 3.8) is 0 Å². The summed E-state index contributed by atoms with van der Waals surface area (Å²) in [6.07, 6.45) is 13.8. The number of nitrogens with two attached hydrogens (primary N) is 1. The summed E-state index contributed by atoms with van der Waals surface area (Å²) in [6, 6.07) is 8.63. The number of hydrogen-bond acceptors (Lipinski definition) is 6. The lowest BCUT2D eigenvalue weighted by molar-refractivity contribution is -0.117. The summed E-state index contributed by atoms with van der Waals surface area (Å²) in [6.45, 7) is 4.62. The molecule has 2 aromatic rings. The molecule has 0 radical (unpaired) electrons. The van der Waals surface area contributed by atoms with Gasteiger partial charge in [-0.25, -0.2) is 4.98 Å². The highest BCUT2D eigenvalue weighted by Crippen LogP contribution is 2.32. The summed E-state index contributed by atoms with van der Waals surface area (Å²) in [5, 5.41) is 3.92. The molecule has 0 unspecified atom stereocenters. The van der Waals surface area contributed by atoms with E-state index < -0.39 is 0 Å². The van der Waals surface area contributed by atoms with Crippen molar-refractivity contribution in [2.24, 2.45) is 5.92 Å². The van der Waals surface area contributed by atoms with Crippen LogP contribution in [0.15, 0.2) is 30.3 Å². The van der Waals surface area contributed by atoms with Crippen LogP contribution in [-0.4, -0.2) is 48.1 Å². The number of fused-ring (bicyclic) bond motifs is 1. The molecule has 0 bridgehead atoms. The number of carbonyl (C=O) groups excluding carboxylic acids is 1. The SMILES string of the molecule is CCCN(CCC1CCC(NC(=O)/C=C/c2ccccc2OC)CC1)[C@H]1CCc2nc(N)sc2C1. The fraction of sp³-hybridized carbons (Fsp3) is 0.571. The van der Waals surface area contributed by atoms with E-state index in [9.17, 15) is 4.79 Å². The van der Waals surface area contributed by atoms with E-state index in [0.29, 0.717) is 6.04 Å². The average Bonchev–Trinajstić information content (AvgIpc) is 3.25. The minimum Gasteiger partial charge on any atom is -0.496 e. The van der Waals surface area contributed by atoms with Gasteiger partial charge in [-0.1, -0.05) is 25.1 Å². The molecule has 1 amide bonds. The van der Waals surface area contributed by atoms with Gasteiger partial charge >= 0.3 is 0 Å². The summed E-state index contributed by atoms with van der Waals surface area (Å²) >= 11 is 1.68. The number of hydrogen-bond donors (Lipinski definition) is 2. The number of aryl methyl sites for hydroxylation is 1. The molecule has 0 saturated heterocycles. The third kappa shape index (κ3) is 7.07. The lowest BCUT2D eigenvalue weighted by atomic mass is 9.83. The minimum absolute atomic E-state index is 0.0196. The normalized spacial score (nSPS) is 22.3. The van der Waals surface area contributed by atoms with Gasteiger partial charge in [0.05, 0.1) is 12.8 Å². The van der Waals surface area contributed by atoms with Crippen molar-refractivity contribution < 1.29 is 9.53 Å². The number of para-hydroxylation sites is 1. The van der Waals surface area contributed by atoms with Crippen molar-refractivity contribution in [2.45, 2.75) is 76.8 Å². The standard InChI is InChI=1S/C28H40N4O2S/c1-3-17-32(23-13-14-24-26(19-23)35-28(29)31-24)18-16-20-8-11-22(12-9-20)30-27(33)15-10-21-6-4-5-7-25(21)34-2/h4-7,10,15,20,22-23H,3,8-9,11-14,16-19H2,1-2H3,(H2,29,31)(H,30,33)/b15-10+/t20?,22?,23-/m0/s1. The fourth-order valence-electron chi connectivity index (χ4n) is 5.62. The summed E-state index contributed by atoms with van der Waals surface area (Å²) in [5.74, 6) is 1.51. The quantitative estimate of drug-likeness (QED) is 0.448. The van der Waals surface area contributed by atoms with Crippen LogP contribution in [0.5, 0.6) is 5.75 Å². The molecule has 1 heterocycles. The lowest BCUT2D eigenvalue weighted by Crippen LogP contribution is -2.41. The number of nitrogens with zero attached hydrogens (tertiary/aromatic N) is 2. The first-order valence-corrected chi connectivity index (χ1v) is 14.0. The highest BCUT2D eigenvalue weighted by Gasteiger charge is 2.28. The van der Waals surface area contributed by atoms with Crippen molar-refractivity contribution in [2.75, 3.05) is 25.9 Å². The zero-order valence-corrected chi connectivity index (χ0v) is 22.0. The maximum Gasteiger partial charge on any atom is 0.244 e. The van der Waals surface area contributed by atoms with Crippen molar-refractivity contribution in [1.82, 2.24) is 15.2 Å². The Labute approximate surface area is 214 Å². The Morgan fingerprint density at radius 2 is 2.03 bits per heavy atom. The van der Waals surface area contributed by atoms with Gasteiger partial charge in [0, 0.05) is 28.6 Å². The van der Waals surface area contributed by atoms with E-state index in [0.717, 1.165) is 54.6 Å². The van der Waals surface area contributed by atoms with E-state index in [1.807, 2.05) is 30.3 Å². The number of benzene rings is 1. The number of methoxy groups -OCH3 is 1. The van der Waals surface area contributed by atoms with Gasteiger partial charge in [-0.3, -0.25) is 4.79 Å². The van der Waals surface area contributed by atoms with Gasteiger partial charge < -0.3 is 20.7 Å². The maximum absolute atomic E-state index is 12.5. The number of ether oxygens (including phenoxy) is 1. The third-order valence-corrected chi connectivity index (χ3v) is 8.48. The maximum atomic E-state index is 12.5. The topological polar surface area (TPSA) is 80.5 Å². The number of nitrogens with one attached hydrogen (secondary N) is 1. The molecule has 2 aliphatic rings. The second-order valence-corrected chi connectivity index (χ2v) is 11.1. The number of anilines is 1. The van der Waals surface area contributed by atoms with E-state index in [1.54, 1.807) is 24.5 Å². The Balaban J connectivity index is 1.20. The molecule has 7 heteroatoms. The van der Waals surface area contributed by atoms with Crippen LogP contribution < -0.4 is 15.8 Å². The van der Waals surface area contributed by atoms with E-state index in [2.05, 4.69) is 22.1 Å². The summed E-state index contributed by atoms with van der Waals surface area (Å²) < 4.78 is 5.36. The van der Waals surface area contributed by atoms with Gasteiger partial charge in [-0.2, -0.15) is 0 Å². The second kappa shape index (κ2) is 12.5.